The van der Waals surface area contributed by atoms with Crippen LogP contribution in [0.25, 0.3) is 11.0 Å². The number of aryl methyl sites for hydroxylation is 1. The first kappa shape index (κ1) is 9.21. The number of aliphatic hydroxyl groups is 1. The highest BCUT2D eigenvalue weighted by atomic mass is 16.3. The molecule has 1 aromatic carbocycles. The summed E-state index contributed by atoms with van der Waals surface area (Å²) in [5.74, 6) is 0. The lowest BCUT2D eigenvalue weighted by atomic mass is 10.2. The van der Waals surface area contributed by atoms with E-state index in [0.29, 0.717) is 0 Å². The summed E-state index contributed by atoms with van der Waals surface area (Å²) in [6.45, 7) is 5.52. The Balaban J connectivity index is 2.70. The van der Waals surface area contributed by atoms with E-state index in [-0.39, 0.29) is 0 Å². The highest BCUT2D eigenvalue weighted by molar-refractivity contribution is 5.76. The van der Waals surface area contributed by atoms with E-state index in [0.717, 1.165) is 11.0 Å². The molecule has 1 N–H and O–H groups in total. The number of aromatic nitrogens is 2. The summed E-state index contributed by atoms with van der Waals surface area (Å²) in [5.41, 5.74) is 2.16. The molecule has 3 heteroatoms. The highest BCUT2D eigenvalue weighted by Crippen LogP contribution is 2.20. The van der Waals surface area contributed by atoms with E-state index in [2.05, 4.69) is 4.98 Å². The monoisotopic (exact) mass is 190 g/mol. The van der Waals surface area contributed by atoms with E-state index >= 15 is 0 Å². The van der Waals surface area contributed by atoms with E-state index in [1.165, 1.54) is 5.56 Å². The van der Waals surface area contributed by atoms with Crippen LogP contribution in [0.2, 0.25) is 0 Å². The van der Waals surface area contributed by atoms with Gasteiger partial charge in [-0.25, -0.2) is 4.98 Å². The summed E-state index contributed by atoms with van der Waals surface area (Å²) in [6, 6.07) is 6.01. The predicted molar refractivity (Wildman–Crippen MR) is 56.0 cm³/mol. The van der Waals surface area contributed by atoms with Gasteiger partial charge in [0.1, 0.15) is 5.72 Å². The first-order valence-corrected chi connectivity index (χ1v) is 4.65. The van der Waals surface area contributed by atoms with Crippen molar-refractivity contribution in [2.24, 2.45) is 0 Å². The molecule has 3 nitrogen and oxygen atoms in total. The third kappa shape index (κ3) is 1.40. The molecule has 2 aromatic rings. The Hall–Kier alpha value is -1.35. The van der Waals surface area contributed by atoms with Crippen LogP contribution in [0.5, 0.6) is 0 Å². The van der Waals surface area contributed by atoms with E-state index < -0.39 is 5.72 Å². The second kappa shape index (κ2) is 2.82. The Morgan fingerprint density at radius 1 is 1.36 bits per heavy atom. The van der Waals surface area contributed by atoms with Gasteiger partial charge in [-0.05, 0) is 38.5 Å². The van der Waals surface area contributed by atoms with Gasteiger partial charge in [-0.3, -0.25) is 0 Å². The van der Waals surface area contributed by atoms with Crippen LogP contribution in [-0.4, -0.2) is 14.7 Å². The lowest BCUT2D eigenvalue weighted by Gasteiger charge is -2.19. The normalized spacial score (nSPS) is 12.3. The minimum Gasteiger partial charge on any atom is -0.371 e. The Morgan fingerprint density at radius 3 is 2.71 bits per heavy atom. The molecule has 0 saturated heterocycles. The lowest BCUT2D eigenvalue weighted by molar-refractivity contribution is 0.00570. The Kier molecular flexibility index (Phi) is 1.86. The second-order valence-electron chi connectivity index (χ2n) is 4.10. The molecular weight excluding hydrogens is 176 g/mol. The molecule has 0 fully saturated rings. The molecule has 2 rings (SSSR count). The van der Waals surface area contributed by atoms with Gasteiger partial charge >= 0.3 is 0 Å². The fourth-order valence-corrected chi connectivity index (χ4v) is 1.56. The smallest absolute Gasteiger partial charge is 0.137 e. The van der Waals surface area contributed by atoms with Crippen molar-refractivity contribution in [3.05, 3.63) is 30.1 Å². The van der Waals surface area contributed by atoms with Gasteiger partial charge in [0, 0.05) is 0 Å². The van der Waals surface area contributed by atoms with Crippen molar-refractivity contribution in [2.75, 3.05) is 0 Å². The van der Waals surface area contributed by atoms with Gasteiger partial charge in [0.2, 0.25) is 0 Å². The third-order valence-electron chi connectivity index (χ3n) is 2.29. The van der Waals surface area contributed by atoms with Crippen molar-refractivity contribution >= 4 is 11.0 Å². The summed E-state index contributed by atoms with van der Waals surface area (Å²) in [7, 11) is 0. The van der Waals surface area contributed by atoms with E-state index in [4.69, 9.17) is 0 Å². The molecule has 0 saturated carbocycles. The van der Waals surface area contributed by atoms with Gasteiger partial charge < -0.3 is 9.67 Å². The number of hydrogen-bond acceptors (Lipinski definition) is 2. The van der Waals surface area contributed by atoms with Crippen LogP contribution >= 0.6 is 0 Å². The highest BCUT2D eigenvalue weighted by Gasteiger charge is 2.17. The van der Waals surface area contributed by atoms with Crippen LogP contribution in [0.15, 0.2) is 24.5 Å². The third-order valence-corrected chi connectivity index (χ3v) is 2.29. The number of imidazole rings is 1. The Bertz CT molecular complexity index is 466. The van der Waals surface area contributed by atoms with Crippen molar-refractivity contribution in [1.82, 2.24) is 9.55 Å². The minimum absolute atomic E-state index is 0.899. The number of nitrogens with zero attached hydrogens (tertiary/aromatic N) is 2. The Labute approximate surface area is 83.0 Å². The van der Waals surface area contributed by atoms with E-state index in [1.54, 1.807) is 24.7 Å². The maximum atomic E-state index is 9.87. The number of benzene rings is 1. The molecule has 0 bridgehead atoms. The topological polar surface area (TPSA) is 38.0 Å². The number of fused-ring (bicyclic) bond motifs is 1. The minimum atomic E-state index is -0.899. The summed E-state index contributed by atoms with van der Waals surface area (Å²) in [6.07, 6.45) is 1.67. The average molecular weight is 190 g/mol. The molecule has 1 aromatic heterocycles. The summed E-state index contributed by atoms with van der Waals surface area (Å²) in [5, 5.41) is 9.87. The first-order chi connectivity index (χ1) is 6.48. The van der Waals surface area contributed by atoms with Gasteiger partial charge in [0.25, 0.3) is 0 Å². The number of hydrogen-bond donors (Lipinski definition) is 1. The molecular formula is C11H14N2O. The quantitative estimate of drug-likeness (QED) is 0.747. The van der Waals surface area contributed by atoms with Crippen LogP contribution in [-0.2, 0) is 5.72 Å². The summed E-state index contributed by atoms with van der Waals surface area (Å²) in [4.78, 5) is 4.25. The van der Waals surface area contributed by atoms with E-state index in [9.17, 15) is 5.11 Å². The lowest BCUT2D eigenvalue weighted by Crippen LogP contribution is -2.24. The number of rotatable bonds is 1. The molecule has 0 aliphatic carbocycles. The van der Waals surface area contributed by atoms with Crippen molar-refractivity contribution in [3.63, 3.8) is 0 Å². The summed E-state index contributed by atoms with van der Waals surface area (Å²) < 4.78 is 1.77. The van der Waals surface area contributed by atoms with Gasteiger partial charge in [-0.15, -0.1) is 0 Å². The average Bonchev–Trinajstić information content (AvgIpc) is 2.45. The standard InChI is InChI=1S/C11H14N2O/c1-8-4-5-10-9(6-8)12-7-13(10)11(2,3)14/h4-7,14H,1-3H3. The van der Waals surface area contributed by atoms with Gasteiger partial charge in [0.05, 0.1) is 17.4 Å². The molecule has 0 atom stereocenters. The van der Waals surface area contributed by atoms with Crippen molar-refractivity contribution in [2.45, 2.75) is 26.5 Å². The molecule has 0 spiro atoms. The molecule has 0 aliphatic rings. The fraction of sp³-hybridized carbons (Fsp3) is 0.364. The predicted octanol–water partition coefficient (Wildman–Crippen LogP) is 2.03. The van der Waals surface area contributed by atoms with Gasteiger partial charge in [0.15, 0.2) is 0 Å². The van der Waals surface area contributed by atoms with Crippen LogP contribution in [0, 0.1) is 6.92 Å². The van der Waals surface area contributed by atoms with Crippen LogP contribution < -0.4 is 0 Å². The summed E-state index contributed by atoms with van der Waals surface area (Å²) >= 11 is 0. The molecule has 0 aliphatic heterocycles. The molecule has 14 heavy (non-hydrogen) atoms. The maximum Gasteiger partial charge on any atom is 0.137 e. The molecule has 1 heterocycles. The second-order valence-corrected chi connectivity index (χ2v) is 4.10. The van der Waals surface area contributed by atoms with Crippen LogP contribution in [0.1, 0.15) is 19.4 Å². The molecule has 0 amide bonds. The SMILES string of the molecule is Cc1ccc2c(c1)ncn2C(C)(C)O. The largest absolute Gasteiger partial charge is 0.371 e. The molecule has 0 unspecified atom stereocenters. The maximum absolute atomic E-state index is 9.87. The first-order valence-electron chi connectivity index (χ1n) is 4.65. The zero-order valence-electron chi connectivity index (χ0n) is 8.65. The van der Waals surface area contributed by atoms with Crippen LogP contribution in [0.3, 0.4) is 0 Å². The van der Waals surface area contributed by atoms with E-state index in [1.807, 2.05) is 25.1 Å². The molecule has 0 radical (unpaired) electrons. The Morgan fingerprint density at radius 2 is 2.07 bits per heavy atom. The molecule has 74 valence electrons. The zero-order valence-corrected chi connectivity index (χ0v) is 8.65. The van der Waals surface area contributed by atoms with Crippen molar-refractivity contribution < 1.29 is 5.11 Å². The van der Waals surface area contributed by atoms with Crippen molar-refractivity contribution in [3.8, 4) is 0 Å². The van der Waals surface area contributed by atoms with Crippen LogP contribution in [0.4, 0.5) is 0 Å². The van der Waals surface area contributed by atoms with Gasteiger partial charge in [-0.2, -0.15) is 0 Å². The zero-order chi connectivity index (χ0) is 10.3. The van der Waals surface area contributed by atoms with Gasteiger partial charge in [-0.1, -0.05) is 6.07 Å². The fourth-order valence-electron chi connectivity index (χ4n) is 1.56. The van der Waals surface area contributed by atoms with Crippen molar-refractivity contribution in [1.29, 1.82) is 0 Å².